The molecule has 1 aromatic rings. The number of fused-ring (bicyclic) bond motifs is 2. The lowest BCUT2D eigenvalue weighted by molar-refractivity contribution is -0.137. The van der Waals surface area contributed by atoms with Gasteiger partial charge in [-0.2, -0.15) is 13.2 Å². The fourth-order valence-electron chi connectivity index (χ4n) is 3.81. The molecule has 0 spiro atoms. The topological polar surface area (TPSA) is 58.2 Å². The Morgan fingerprint density at radius 1 is 1.04 bits per heavy atom. The van der Waals surface area contributed by atoms with Crippen molar-refractivity contribution in [2.45, 2.75) is 37.5 Å². The molecule has 0 aromatic heterocycles. The summed E-state index contributed by atoms with van der Waals surface area (Å²) in [5, 5.41) is 5.71. The number of hydrogen-bond acceptors (Lipinski definition) is 2. The highest BCUT2D eigenvalue weighted by Crippen LogP contribution is 2.44. The van der Waals surface area contributed by atoms with Gasteiger partial charge in [0, 0.05) is 17.6 Å². The van der Waals surface area contributed by atoms with Crippen LogP contribution < -0.4 is 10.6 Å². The van der Waals surface area contributed by atoms with E-state index in [-0.39, 0.29) is 23.6 Å². The average Bonchev–Trinajstić information content (AvgIpc) is 3.06. The summed E-state index contributed by atoms with van der Waals surface area (Å²) < 4.78 is 37.6. The van der Waals surface area contributed by atoms with Crippen LogP contribution in [0, 0.1) is 11.8 Å². The Labute approximate surface area is 131 Å². The van der Waals surface area contributed by atoms with Crippen LogP contribution in [-0.2, 0) is 11.0 Å². The fraction of sp³-hybridized carbons (Fsp3) is 0.500. The summed E-state index contributed by atoms with van der Waals surface area (Å²) in [4.78, 5) is 22.7. The Bertz CT molecular complexity index is 600. The molecule has 4 unspecified atom stereocenters. The summed E-state index contributed by atoms with van der Waals surface area (Å²) in [6, 6.07) is 4.43. The summed E-state index contributed by atoms with van der Waals surface area (Å²) >= 11 is 0. The van der Waals surface area contributed by atoms with E-state index in [2.05, 4.69) is 10.6 Å². The zero-order valence-electron chi connectivity index (χ0n) is 12.3. The second-order valence-corrected chi connectivity index (χ2v) is 6.27. The number of alkyl halides is 3. The number of carbonyl (C=O) groups is 2. The standard InChI is InChI=1S/C16H17F3N2O2/c17-16(18,19)12-3-1-9(2-4-12)15(23)21-14-7-10-5-11(14)6-13(10)20-8-22/h1-4,8,10-11,13-14H,5-7H2,(H,20,22)(H,21,23). The van der Waals surface area contributed by atoms with Gasteiger partial charge in [0.1, 0.15) is 0 Å². The van der Waals surface area contributed by atoms with Crippen LogP contribution in [0.3, 0.4) is 0 Å². The van der Waals surface area contributed by atoms with E-state index in [9.17, 15) is 22.8 Å². The molecular weight excluding hydrogens is 309 g/mol. The zero-order valence-corrected chi connectivity index (χ0v) is 12.3. The van der Waals surface area contributed by atoms with Gasteiger partial charge in [0.2, 0.25) is 6.41 Å². The molecule has 2 aliphatic rings. The first-order valence-electron chi connectivity index (χ1n) is 7.56. The predicted molar refractivity (Wildman–Crippen MR) is 76.5 cm³/mol. The van der Waals surface area contributed by atoms with Crippen LogP contribution in [0.5, 0.6) is 0 Å². The van der Waals surface area contributed by atoms with Gasteiger partial charge in [0.15, 0.2) is 0 Å². The molecule has 23 heavy (non-hydrogen) atoms. The van der Waals surface area contributed by atoms with Gasteiger partial charge in [-0.3, -0.25) is 9.59 Å². The van der Waals surface area contributed by atoms with E-state index in [1.54, 1.807) is 0 Å². The third-order valence-electron chi connectivity index (χ3n) is 4.93. The molecule has 2 aliphatic carbocycles. The summed E-state index contributed by atoms with van der Waals surface area (Å²) in [5.41, 5.74) is -0.542. The second kappa shape index (κ2) is 5.86. The van der Waals surface area contributed by atoms with Gasteiger partial charge in [-0.1, -0.05) is 0 Å². The van der Waals surface area contributed by atoms with E-state index in [0.29, 0.717) is 18.2 Å². The maximum Gasteiger partial charge on any atom is 0.416 e. The maximum absolute atomic E-state index is 12.5. The summed E-state index contributed by atoms with van der Waals surface area (Å²) in [5.74, 6) is 0.329. The fourth-order valence-corrected chi connectivity index (χ4v) is 3.81. The minimum Gasteiger partial charge on any atom is -0.356 e. The quantitative estimate of drug-likeness (QED) is 0.835. The minimum atomic E-state index is -4.40. The van der Waals surface area contributed by atoms with E-state index in [4.69, 9.17) is 0 Å². The first kappa shape index (κ1) is 15.8. The van der Waals surface area contributed by atoms with Gasteiger partial charge >= 0.3 is 6.18 Å². The van der Waals surface area contributed by atoms with E-state index < -0.39 is 11.7 Å². The summed E-state index contributed by atoms with van der Waals surface area (Å²) in [6.45, 7) is 0. The monoisotopic (exact) mass is 326 g/mol. The van der Waals surface area contributed by atoms with Crippen molar-refractivity contribution in [1.82, 2.24) is 10.6 Å². The zero-order chi connectivity index (χ0) is 16.6. The highest BCUT2D eigenvalue weighted by atomic mass is 19.4. The number of rotatable bonds is 4. The Morgan fingerprint density at radius 3 is 2.17 bits per heavy atom. The van der Waals surface area contributed by atoms with Crippen molar-refractivity contribution in [3.05, 3.63) is 35.4 Å². The number of hydrogen-bond donors (Lipinski definition) is 2. The Hall–Kier alpha value is -2.05. The first-order chi connectivity index (χ1) is 10.9. The van der Waals surface area contributed by atoms with Crippen molar-refractivity contribution in [3.8, 4) is 0 Å². The third-order valence-corrected chi connectivity index (χ3v) is 4.93. The number of carbonyl (C=O) groups excluding carboxylic acids is 2. The van der Waals surface area contributed by atoms with Crippen LogP contribution in [0.2, 0.25) is 0 Å². The normalized spacial score (nSPS) is 29.3. The molecule has 4 nitrogen and oxygen atoms in total. The highest BCUT2D eigenvalue weighted by molar-refractivity contribution is 5.94. The summed E-state index contributed by atoms with van der Waals surface area (Å²) in [6.07, 6.45) is -1.10. The van der Waals surface area contributed by atoms with Crippen molar-refractivity contribution in [2.75, 3.05) is 0 Å². The van der Waals surface area contributed by atoms with E-state index in [0.717, 1.165) is 31.4 Å². The molecule has 3 rings (SSSR count). The van der Waals surface area contributed by atoms with E-state index in [1.165, 1.54) is 12.1 Å². The van der Waals surface area contributed by atoms with Gasteiger partial charge in [-0.05, 0) is 55.4 Å². The van der Waals surface area contributed by atoms with Crippen molar-refractivity contribution in [1.29, 1.82) is 0 Å². The average molecular weight is 326 g/mol. The van der Waals surface area contributed by atoms with Crippen LogP contribution in [-0.4, -0.2) is 24.4 Å². The van der Waals surface area contributed by atoms with Gasteiger partial charge in [0.05, 0.1) is 5.56 Å². The van der Waals surface area contributed by atoms with Gasteiger partial charge in [-0.15, -0.1) is 0 Å². The molecule has 7 heteroatoms. The van der Waals surface area contributed by atoms with E-state index >= 15 is 0 Å². The number of halogens is 3. The third kappa shape index (κ3) is 3.18. The summed E-state index contributed by atoms with van der Waals surface area (Å²) in [7, 11) is 0. The molecule has 2 bridgehead atoms. The molecule has 2 N–H and O–H groups in total. The van der Waals surface area contributed by atoms with Crippen LogP contribution in [0.1, 0.15) is 35.2 Å². The van der Waals surface area contributed by atoms with E-state index in [1.807, 2.05) is 0 Å². The van der Waals surface area contributed by atoms with Gasteiger partial charge in [0.25, 0.3) is 5.91 Å². The van der Waals surface area contributed by atoms with Crippen molar-refractivity contribution in [2.24, 2.45) is 11.8 Å². The lowest BCUT2D eigenvalue weighted by Crippen LogP contribution is -2.43. The van der Waals surface area contributed by atoms with Gasteiger partial charge < -0.3 is 10.6 Å². The molecule has 124 valence electrons. The molecule has 4 atom stereocenters. The smallest absolute Gasteiger partial charge is 0.356 e. The Kier molecular flexibility index (Phi) is 4.04. The Balaban J connectivity index is 1.60. The molecule has 2 fully saturated rings. The molecule has 0 radical (unpaired) electrons. The molecule has 0 heterocycles. The van der Waals surface area contributed by atoms with Crippen molar-refractivity contribution in [3.63, 3.8) is 0 Å². The number of nitrogens with one attached hydrogen (secondary N) is 2. The number of benzene rings is 1. The van der Waals surface area contributed by atoms with Crippen LogP contribution in [0.25, 0.3) is 0 Å². The Morgan fingerprint density at radius 2 is 1.65 bits per heavy atom. The highest BCUT2D eigenvalue weighted by Gasteiger charge is 2.46. The first-order valence-corrected chi connectivity index (χ1v) is 7.56. The number of amides is 2. The van der Waals surface area contributed by atoms with Crippen molar-refractivity contribution >= 4 is 12.3 Å². The van der Waals surface area contributed by atoms with Crippen LogP contribution >= 0.6 is 0 Å². The van der Waals surface area contributed by atoms with Crippen LogP contribution in [0.4, 0.5) is 13.2 Å². The molecule has 0 saturated heterocycles. The maximum atomic E-state index is 12.5. The molecule has 0 aliphatic heterocycles. The second-order valence-electron chi connectivity index (χ2n) is 6.27. The van der Waals surface area contributed by atoms with Crippen LogP contribution in [0.15, 0.2) is 24.3 Å². The molecular formula is C16H17F3N2O2. The lowest BCUT2D eigenvalue weighted by atomic mass is 9.91. The predicted octanol–water partition coefficient (Wildman–Crippen LogP) is 2.35. The molecule has 2 amide bonds. The largest absolute Gasteiger partial charge is 0.416 e. The minimum absolute atomic E-state index is 0.0273. The molecule has 1 aromatic carbocycles. The van der Waals surface area contributed by atoms with Crippen molar-refractivity contribution < 1.29 is 22.8 Å². The lowest BCUT2D eigenvalue weighted by Gasteiger charge is -2.28. The SMILES string of the molecule is O=CNC1CC2CC1CC2NC(=O)c1ccc(C(F)(F)F)cc1. The molecule has 2 saturated carbocycles. The van der Waals surface area contributed by atoms with Gasteiger partial charge in [-0.25, -0.2) is 0 Å².